The smallest absolute Gasteiger partial charge is 0.123 e. The van der Waals surface area contributed by atoms with Gasteiger partial charge in [-0.3, -0.25) is 0 Å². The van der Waals surface area contributed by atoms with Crippen LogP contribution in [-0.4, -0.2) is 20.1 Å². The molecule has 5 heteroatoms. The summed E-state index contributed by atoms with van der Waals surface area (Å²) in [5, 5.41) is 17.7. The van der Waals surface area contributed by atoms with E-state index in [4.69, 9.17) is 0 Å². The number of benzene rings is 2. The van der Waals surface area contributed by atoms with E-state index in [9.17, 15) is 9.50 Å². The van der Waals surface area contributed by atoms with Crippen LogP contribution in [-0.2, 0) is 6.61 Å². The molecule has 0 saturated carbocycles. The molecule has 0 amide bonds. The van der Waals surface area contributed by atoms with Gasteiger partial charge >= 0.3 is 0 Å². The monoisotopic (exact) mass is 297 g/mol. The molecule has 0 saturated heterocycles. The van der Waals surface area contributed by atoms with E-state index in [1.807, 2.05) is 26.0 Å². The summed E-state index contributed by atoms with van der Waals surface area (Å²) in [5.74, 6) is -0.338. The van der Waals surface area contributed by atoms with Crippen molar-refractivity contribution in [3.63, 3.8) is 0 Å². The van der Waals surface area contributed by atoms with Crippen molar-refractivity contribution in [1.82, 2.24) is 15.0 Å². The molecule has 0 unspecified atom stereocenters. The number of halogens is 1. The molecule has 0 bridgehead atoms. The predicted molar refractivity (Wildman–Crippen MR) is 82.1 cm³/mol. The molecular formula is C17H16FN3O. The van der Waals surface area contributed by atoms with Crippen LogP contribution in [0.15, 0.2) is 42.5 Å². The molecular weight excluding hydrogens is 281 g/mol. The van der Waals surface area contributed by atoms with Crippen LogP contribution in [0.4, 0.5) is 4.39 Å². The summed E-state index contributed by atoms with van der Waals surface area (Å²) in [4.78, 5) is 0. The molecule has 0 spiro atoms. The summed E-state index contributed by atoms with van der Waals surface area (Å²) in [7, 11) is 0. The average Bonchev–Trinajstić information content (AvgIpc) is 2.90. The van der Waals surface area contributed by atoms with Gasteiger partial charge in [0.2, 0.25) is 0 Å². The third-order valence-corrected chi connectivity index (χ3v) is 3.44. The van der Waals surface area contributed by atoms with Gasteiger partial charge < -0.3 is 5.11 Å². The normalized spacial score (nSPS) is 10.9. The first kappa shape index (κ1) is 14.4. The second kappa shape index (κ2) is 5.69. The fraction of sp³-hybridized carbons (Fsp3) is 0.176. The van der Waals surface area contributed by atoms with Gasteiger partial charge in [0.15, 0.2) is 0 Å². The Balaban J connectivity index is 2.23. The minimum Gasteiger partial charge on any atom is -0.390 e. The van der Waals surface area contributed by atoms with Crippen molar-refractivity contribution in [2.45, 2.75) is 20.5 Å². The third kappa shape index (κ3) is 2.63. The van der Waals surface area contributed by atoms with Crippen LogP contribution >= 0.6 is 0 Å². The van der Waals surface area contributed by atoms with E-state index in [-0.39, 0.29) is 12.4 Å². The van der Waals surface area contributed by atoms with Crippen LogP contribution in [0.3, 0.4) is 0 Å². The van der Waals surface area contributed by atoms with Crippen molar-refractivity contribution < 1.29 is 9.50 Å². The zero-order valence-corrected chi connectivity index (χ0v) is 12.4. The molecule has 3 aromatic rings. The summed E-state index contributed by atoms with van der Waals surface area (Å²) < 4.78 is 15.2. The van der Waals surface area contributed by atoms with Gasteiger partial charge in [-0.05, 0) is 49.2 Å². The van der Waals surface area contributed by atoms with Crippen LogP contribution in [0, 0.1) is 19.7 Å². The van der Waals surface area contributed by atoms with Gasteiger partial charge in [0.05, 0.1) is 12.3 Å². The van der Waals surface area contributed by atoms with Crippen molar-refractivity contribution in [3.8, 4) is 16.9 Å². The number of aryl methyl sites for hydroxylation is 2. The molecule has 112 valence electrons. The van der Waals surface area contributed by atoms with Crippen molar-refractivity contribution in [1.29, 1.82) is 0 Å². The Morgan fingerprint density at radius 2 is 1.82 bits per heavy atom. The fourth-order valence-electron chi connectivity index (χ4n) is 2.60. The van der Waals surface area contributed by atoms with Gasteiger partial charge in [-0.25, -0.2) is 9.07 Å². The minimum absolute atomic E-state index is 0.253. The van der Waals surface area contributed by atoms with Crippen LogP contribution < -0.4 is 0 Å². The Morgan fingerprint density at radius 1 is 1.09 bits per heavy atom. The molecule has 1 heterocycles. The van der Waals surface area contributed by atoms with Crippen LogP contribution in [0.5, 0.6) is 0 Å². The topological polar surface area (TPSA) is 50.9 Å². The van der Waals surface area contributed by atoms with Gasteiger partial charge in [0, 0.05) is 5.56 Å². The first-order chi connectivity index (χ1) is 10.6. The van der Waals surface area contributed by atoms with Gasteiger partial charge in [-0.2, -0.15) is 0 Å². The molecule has 0 radical (unpaired) electrons. The van der Waals surface area contributed by atoms with Crippen molar-refractivity contribution >= 4 is 0 Å². The molecule has 0 aliphatic carbocycles. The number of nitrogens with zero attached hydrogens (tertiary/aromatic N) is 3. The summed E-state index contributed by atoms with van der Waals surface area (Å²) in [6.45, 7) is 3.75. The maximum Gasteiger partial charge on any atom is 0.123 e. The number of hydrogen-bond donors (Lipinski definition) is 1. The maximum atomic E-state index is 13.5. The number of hydrogen-bond acceptors (Lipinski definition) is 3. The van der Waals surface area contributed by atoms with E-state index in [1.165, 1.54) is 12.1 Å². The lowest BCUT2D eigenvalue weighted by molar-refractivity contribution is 0.277. The molecule has 0 aliphatic rings. The van der Waals surface area contributed by atoms with Crippen LogP contribution in [0.2, 0.25) is 0 Å². The summed E-state index contributed by atoms with van der Waals surface area (Å²) in [5.41, 5.74) is 4.69. The lowest BCUT2D eigenvalue weighted by Crippen LogP contribution is -2.01. The molecule has 0 aliphatic heterocycles. The van der Waals surface area contributed by atoms with Gasteiger partial charge in [0.1, 0.15) is 17.2 Å². The molecule has 2 aromatic carbocycles. The van der Waals surface area contributed by atoms with Gasteiger partial charge in [-0.1, -0.05) is 23.4 Å². The number of aromatic nitrogens is 3. The standard InChI is InChI=1S/C17H16FN3O/c1-11-6-12(2)8-15(7-11)21-17(16(10-22)19-20-21)13-4-3-5-14(18)9-13/h3-9,22H,10H2,1-2H3. The van der Waals surface area contributed by atoms with E-state index in [1.54, 1.807) is 16.8 Å². The largest absolute Gasteiger partial charge is 0.390 e. The highest BCUT2D eigenvalue weighted by Gasteiger charge is 2.16. The predicted octanol–water partition coefficient (Wildman–Crippen LogP) is 3.18. The van der Waals surface area contributed by atoms with Gasteiger partial charge in [0.25, 0.3) is 0 Å². The SMILES string of the molecule is Cc1cc(C)cc(-n2nnc(CO)c2-c2cccc(F)c2)c1. The maximum absolute atomic E-state index is 13.5. The zero-order chi connectivity index (χ0) is 15.7. The van der Waals surface area contributed by atoms with E-state index in [0.717, 1.165) is 16.8 Å². The average molecular weight is 297 g/mol. The first-order valence-corrected chi connectivity index (χ1v) is 6.98. The van der Waals surface area contributed by atoms with E-state index < -0.39 is 0 Å². The highest BCUT2D eigenvalue weighted by atomic mass is 19.1. The van der Waals surface area contributed by atoms with Crippen LogP contribution in [0.25, 0.3) is 16.9 Å². The number of rotatable bonds is 3. The number of aliphatic hydroxyl groups excluding tert-OH is 1. The van der Waals surface area contributed by atoms with E-state index >= 15 is 0 Å². The van der Waals surface area contributed by atoms with Gasteiger partial charge in [-0.15, -0.1) is 5.10 Å². The van der Waals surface area contributed by atoms with E-state index in [2.05, 4.69) is 16.4 Å². The Labute approximate surface area is 127 Å². The molecule has 22 heavy (non-hydrogen) atoms. The Kier molecular flexibility index (Phi) is 3.73. The first-order valence-electron chi connectivity index (χ1n) is 6.98. The summed E-state index contributed by atoms with van der Waals surface area (Å²) in [6.07, 6.45) is 0. The van der Waals surface area contributed by atoms with Crippen molar-refractivity contribution in [2.24, 2.45) is 0 Å². The molecule has 4 nitrogen and oxygen atoms in total. The van der Waals surface area contributed by atoms with Crippen LogP contribution in [0.1, 0.15) is 16.8 Å². The lowest BCUT2D eigenvalue weighted by atomic mass is 10.1. The highest BCUT2D eigenvalue weighted by Crippen LogP contribution is 2.26. The molecule has 3 rings (SSSR count). The number of aliphatic hydroxyl groups is 1. The Bertz CT molecular complexity index is 806. The fourth-order valence-corrected chi connectivity index (χ4v) is 2.60. The van der Waals surface area contributed by atoms with Crippen molar-refractivity contribution in [3.05, 3.63) is 65.1 Å². The zero-order valence-electron chi connectivity index (χ0n) is 12.4. The lowest BCUT2D eigenvalue weighted by Gasteiger charge is -2.10. The Morgan fingerprint density at radius 3 is 2.45 bits per heavy atom. The highest BCUT2D eigenvalue weighted by molar-refractivity contribution is 5.64. The molecule has 1 N–H and O–H groups in total. The molecule has 1 aromatic heterocycles. The van der Waals surface area contributed by atoms with E-state index in [0.29, 0.717) is 17.0 Å². The quantitative estimate of drug-likeness (QED) is 0.808. The van der Waals surface area contributed by atoms with Crippen molar-refractivity contribution in [2.75, 3.05) is 0 Å². The minimum atomic E-state index is -0.338. The summed E-state index contributed by atoms with van der Waals surface area (Å²) in [6, 6.07) is 12.2. The Hall–Kier alpha value is -2.53. The second-order valence-corrected chi connectivity index (χ2v) is 5.31. The second-order valence-electron chi connectivity index (χ2n) is 5.31. The summed E-state index contributed by atoms with van der Waals surface area (Å²) >= 11 is 0. The third-order valence-electron chi connectivity index (χ3n) is 3.44. The molecule has 0 atom stereocenters. The molecule has 0 fully saturated rings.